The first kappa shape index (κ1) is 42.8. The van der Waals surface area contributed by atoms with Crippen molar-refractivity contribution in [2.45, 2.75) is 87.6 Å². The highest BCUT2D eigenvalue weighted by atomic mass is 35.5. The Morgan fingerprint density at radius 3 is 1.39 bits per heavy atom. The highest BCUT2D eigenvalue weighted by molar-refractivity contribution is 6.32. The van der Waals surface area contributed by atoms with Crippen molar-refractivity contribution in [3.8, 4) is 33.6 Å². The maximum absolute atomic E-state index is 14.3. The second kappa shape index (κ2) is 17.7. The number of carbonyl (C=O) groups excluding carboxylic acids is 4. The summed E-state index contributed by atoms with van der Waals surface area (Å²) in [5.74, 6) is 1.38. The summed E-state index contributed by atoms with van der Waals surface area (Å²) >= 11 is 13.6. The lowest BCUT2D eigenvalue weighted by molar-refractivity contribution is -0.139. The lowest BCUT2D eigenvalue weighted by Crippen LogP contribution is -2.54. The van der Waals surface area contributed by atoms with Crippen LogP contribution in [0.25, 0.3) is 33.6 Å². The number of likely N-dealkylation sites (tertiary alicyclic amines) is 2. The molecule has 64 heavy (non-hydrogen) atoms. The normalized spacial score (nSPS) is 27.8. The SMILES string of the molecule is COC(=O)N[C@@H](C(=O)N1[C@@H]2C[C@@H]2C[C@H]1c1nc(-c2ccc(-c3ccc(-c4nc([C@@H]5C[C@H]6C[C@H]6N5C(=O)[C@H](NC(=O)OC)[C@H]5CCCOC5)[nH]c4Cl)cc3)cc2)c(Cl)[nH]1)[C@H]1CCCOC1. The molecule has 6 fully saturated rings. The van der Waals surface area contributed by atoms with Gasteiger partial charge in [0.15, 0.2) is 0 Å². The number of fused-ring (bicyclic) bond motifs is 2. The van der Waals surface area contributed by atoms with Crippen molar-refractivity contribution in [2.75, 3.05) is 40.6 Å². The number of methoxy groups -OCH3 is 2. The molecule has 2 saturated carbocycles. The second-order valence-electron chi connectivity index (χ2n) is 18.0. The molecule has 16 nitrogen and oxygen atoms in total. The van der Waals surface area contributed by atoms with E-state index in [1.165, 1.54) is 14.2 Å². The number of hydrogen-bond donors (Lipinski definition) is 4. The predicted molar refractivity (Wildman–Crippen MR) is 235 cm³/mol. The molecule has 10 rings (SSSR count). The van der Waals surface area contributed by atoms with E-state index in [-0.39, 0.29) is 47.8 Å². The standard InChI is InChI=1S/C46H52Cl2N8O8/c1-61-45(59)51-37(27-5-3-15-63-21-27)43(57)55-31-17-29(31)19-33(55)41-49-35(39(47)53-41)25-11-7-23(8-12-25)24-9-13-26(14-10-24)36-40(48)54-42(50-36)34-20-30-18-32(30)56(34)44(58)38(52-46(60)62-2)28-6-4-16-64-22-28/h7-14,27-34,37-38H,3-6,15-22H2,1-2H3,(H,49,53)(H,50,54)(H,51,59)(H,52,60)/t27-,28-,29+,30+,31+,32+,33-,34-,37+,38+/m0/s1. The van der Waals surface area contributed by atoms with E-state index in [0.717, 1.165) is 73.6 Å². The third-order valence-corrected chi connectivity index (χ3v) is 14.7. The quantitative estimate of drug-likeness (QED) is 0.121. The maximum atomic E-state index is 14.3. The van der Waals surface area contributed by atoms with Crippen LogP contribution in [-0.4, -0.2) is 119 Å². The van der Waals surface area contributed by atoms with Crippen molar-refractivity contribution >= 4 is 47.2 Å². The summed E-state index contributed by atoms with van der Waals surface area (Å²) in [7, 11) is 2.59. The van der Waals surface area contributed by atoms with Gasteiger partial charge in [-0.3, -0.25) is 9.59 Å². The molecule has 6 aliphatic rings. The molecule has 10 atom stereocenters. The van der Waals surface area contributed by atoms with Crippen molar-refractivity contribution in [2.24, 2.45) is 23.7 Å². The Morgan fingerprint density at radius 2 is 1.03 bits per heavy atom. The average Bonchev–Trinajstić information content (AvgIpc) is 4.04. The van der Waals surface area contributed by atoms with Gasteiger partial charge in [-0.2, -0.15) is 0 Å². The van der Waals surface area contributed by atoms with Gasteiger partial charge in [0.1, 0.15) is 45.4 Å². The minimum atomic E-state index is -0.764. The molecule has 4 aliphatic heterocycles. The molecule has 4 aromatic rings. The van der Waals surface area contributed by atoms with Gasteiger partial charge in [0.05, 0.1) is 39.5 Å². The number of amides is 4. The van der Waals surface area contributed by atoms with Gasteiger partial charge in [0, 0.05) is 48.3 Å². The molecular formula is C46H52Cl2N8O8. The fourth-order valence-electron chi connectivity index (χ4n) is 10.6. The number of nitrogens with zero attached hydrogens (tertiary/aromatic N) is 4. The van der Waals surface area contributed by atoms with Crippen LogP contribution in [0.4, 0.5) is 9.59 Å². The van der Waals surface area contributed by atoms with Crippen molar-refractivity contribution in [1.29, 1.82) is 0 Å². The van der Waals surface area contributed by atoms with Crippen LogP contribution in [-0.2, 0) is 28.5 Å². The van der Waals surface area contributed by atoms with E-state index in [1.807, 2.05) is 58.3 Å². The number of aromatic nitrogens is 4. The van der Waals surface area contributed by atoms with Gasteiger partial charge in [-0.15, -0.1) is 0 Å². The third-order valence-electron chi connectivity index (χ3n) is 14.1. The lowest BCUT2D eigenvalue weighted by Gasteiger charge is -2.35. The number of H-pyrrole nitrogens is 2. The number of imidazole rings is 2. The molecule has 338 valence electrons. The number of alkyl carbamates (subject to hydrolysis) is 2. The van der Waals surface area contributed by atoms with E-state index in [0.29, 0.717) is 71.6 Å². The number of halogens is 2. The molecule has 6 heterocycles. The Bertz CT molecular complexity index is 2230. The Labute approximate surface area is 380 Å². The summed E-state index contributed by atoms with van der Waals surface area (Å²) in [6.45, 7) is 2.07. The number of nitrogens with one attached hydrogen (secondary N) is 4. The van der Waals surface area contributed by atoms with Crippen LogP contribution in [0.3, 0.4) is 0 Å². The zero-order chi connectivity index (χ0) is 44.2. The van der Waals surface area contributed by atoms with Gasteiger partial charge in [-0.25, -0.2) is 19.6 Å². The summed E-state index contributed by atoms with van der Waals surface area (Å²) in [5, 5.41) is 6.39. The molecular weight excluding hydrogens is 863 g/mol. The van der Waals surface area contributed by atoms with Gasteiger partial charge in [-0.1, -0.05) is 71.7 Å². The second-order valence-corrected chi connectivity index (χ2v) is 18.8. The van der Waals surface area contributed by atoms with Gasteiger partial charge in [0.2, 0.25) is 11.8 Å². The molecule has 4 N–H and O–H groups in total. The number of hydrogen-bond acceptors (Lipinski definition) is 10. The minimum absolute atomic E-state index is 0.0881. The van der Waals surface area contributed by atoms with Crippen LogP contribution in [0.2, 0.25) is 10.3 Å². The number of ether oxygens (including phenoxy) is 4. The summed E-state index contributed by atoms with van der Waals surface area (Å²) in [6, 6.07) is 14.0. The van der Waals surface area contributed by atoms with Gasteiger partial charge in [0.25, 0.3) is 0 Å². The minimum Gasteiger partial charge on any atom is -0.453 e. The monoisotopic (exact) mass is 914 g/mol. The summed E-state index contributed by atoms with van der Waals surface area (Å²) in [6.07, 6.45) is 5.26. The van der Waals surface area contributed by atoms with E-state index in [9.17, 15) is 19.2 Å². The molecule has 2 aromatic heterocycles. The molecule has 0 spiro atoms. The average molecular weight is 916 g/mol. The van der Waals surface area contributed by atoms with Crippen molar-refractivity contribution in [3.05, 3.63) is 70.5 Å². The van der Waals surface area contributed by atoms with Crippen LogP contribution in [0.1, 0.15) is 75.1 Å². The molecule has 2 aliphatic carbocycles. The third kappa shape index (κ3) is 8.22. The van der Waals surface area contributed by atoms with Gasteiger partial charge >= 0.3 is 12.2 Å². The Morgan fingerprint density at radius 1 is 0.641 bits per heavy atom. The zero-order valence-electron chi connectivity index (χ0n) is 35.7. The van der Waals surface area contributed by atoms with Gasteiger partial charge < -0.3 is 49.3 Å². The van der Waals surface area contributed by atoms with E-state index in [4.69, 9.17) is 52.1 Å². The first-order valence-electron chi connectivity index (χ1n) is 22.3. The van der Waals surface area contributed by atoms with Crippen molar-refractivity contribution in [1.82, 2.24) is 40.4 Å². The highest BCUT2D eigenvalue weighted by Gasteiger charge is 2.58. The van der Waals surface area contributed by atoms with E-state index in [1.54, 1.807) is 0 Å². The van der Waals surface area contributed by atoms with Crippen molar-refractivity contribution in [3.63, 3.8) is 0 Å². The Kier molecular flexibility index (Phi) is 11.8. The summed E-state index contributed by atoms with van der Waals surface area (Å²) in [4.78, 5) is 73.5. The Hall–Kier alpha value is -5.16. The van der Waals surface area contributed by atoms with Crippen molar-refractivity contribution < 1.29 is 38.1 Å². The maximum Gasteiger partial charge on any atom is 0.407 e. The topological polar surface area (TPSA) is 193 Å². The first-order valence-corrected chi connectivity index (χ1v) is 23.1. The molecule has 4 saturated heterocycles. The molecule has 4 amide bonds. The lowest BCUT2D eigenvalue weighted by atomic mass is 9.92. The fourth-order valence-corrected chi connectivity index (χ4v) is 11.1. The summed E-state index contributed by atoms with van der Waals surface area (Å²) < 4.78 is 21.2. The number of benzene rings is 2. The summed E-state index contributed by atoms with van der Waals surface area (Å²) in [5.41, 5.74) is 4.81. The van der Waals surface area contributed by atoms with Crippen LogP contribution in [0, 0.1) is 23.7 Å². The predicted octanol–water partition coefficient (Wildman–Crippen LogP) is 7.07. The molecule has 18 heteroatoms. The molecule has 2 aromatic carbocycles. The number of aromatic amines is 2. The molecule has 0 bridgehead atoms. The highest BCUT2D eigenvalue weighted by Crippen LogP contribution is 2.55. The zero-order valence-corrected chi connectivity index (χ0v) is 37.2. The fraction of sp³-hybridized carbons (Fsp3) is 0.522. The number of piperidine rings is 2. The Balaban J connectivity index is 0.829. The smallest absolute Gasteiger partial charge is 0.407 e. The molecule has 0 unspecified atom stereocenters. The van der Waals surface area contributed by atoms with Crippen LogP contribution in [0.5, 0.6) is 0 Å². The number of rotatable bonds is 11. The first-order chi connectivity index (χ1) is 31.1. The van der Waals surface area contributed by atoms with Crippen LogP contribution in [0.15, 0.2) is 48.5 Å². The van der Waals surface area contributed by atoms with E-state index < -0.39 is 24.3 Å². The van der Waals surface area contributed by atoms with E-state index >= 15 is 0 Å². The number of carbonyl (C=O) groups is 4. The van der Waals surface area contributed by atoms with Crippen LogP contribution < -0.4 is 10.6 Å². The largest absolute Gasteiger partial charge is 0.453 e. The van der Waals surface area contributed by atoms with E-state index in [2.05, 4.69) is 20.6 Å². The molecule has 0 radical (unpaired) electrons. The van der Waals surface area contributed by atoms with Crippen LogP contribution >= 0.6 is 23.2 Å². The van der Waals surface area contributed by atoms with Gasteiger partial charge in [-0.05, 0) is 74.3 Å².